The van der Waals surface area contributed by atoms with Gasteiger partial charge in [-0.25, -0.2) is 4.79 Å². The van der Waals surface area contributed by atoms with Crippen LogP contribution in [0.2, 0.25) is 0 Å². The fraction of sp³-hybridized carbons (Fsp3) is 0.375. The average Bonchev–Trinajstić information content (AvgIpc) is 3.00. The first kappa shape index (κ1) is 15.6. The minimum absolute atomic E-state index is 0.161. The van der Waals surface area contributed by atoms with E-state index in [9.17, 15) is 14.0 Å². The molecule has 0 aliphatic carbocycles. The number of hydrogen-bond acceptors (Lipinski definition) is 4. The van der Waals surface area contributed by atoms with Gasteiger partial charge >= 0.3 is 5.69 Å². The molecule has 1 aromatic carbocycles. The molecule has 2 heterocycles. The van der Waals surface area contributed by atoms with Gasteiger partial charge in [-0.2, -0.15) is 4.39 Å². The van der Waals surface area contributed by atoms with Crippen LogP contribution in [0.25, 0.3) is 0 Å². The van der Waals surface area contributed by atoms with Crippen LogP contribution in [0.15, 0.2) is 46.1 Å². The zero-order chi connectivity index (χ0) is 16.2. The van der Waals surface area contributed by atoms with Crippen molar-refractivity contribution in [1.82, 2.24) is 9.55 Å². The molecule has 1 saturated heterocycles. The van der Waals surface area contributed by atoms with Crippen molar-refractivity contribution >= 4 is 0 Å². The van der Waals surface area contributed by atoms with Crippen LogP contribution in [-0.2, 0) is 16.1 Å². The Kier molecular flexibility index (Phi) is 4.68. The molecule has 0 amide bonds. The molecule has 7 heteroatoms. The third-order valence-electron chi connectivity index (χ3n) is 3.74. The Balaban J connectivity index is 1.55. The van der Waals surface area contributed by atoms with E-state index in [4.69, 9.17) is 9.47 Å². The molecule has 1 aliphatic rings. The molecular weight excluding hydrogens is 303 g/mol. The van der Waals surface area contributed by atoms with Crippen molar-refractivity contribution in [2.75, 3.05) is 6.61 Å². The maximum absolute atomic E-state index is 13.3. The largest absolute Gasteiger partial charge is 0.374 e. The first-order valence-electron chi connectivity index (χ1n) is 7.41. The van der Waals surface area contributed by atoms with Crippen LogP contribution in [0, 0.1) is 5.82 Å². The lowest BCUT2D eigenvalue weighted by Gasteiger charge is -2.15. The number of nitrogens with one attached hydrogen (secondary N) is 1. The quantitative estimate of drug-likeness (QED) is 0.907. The Bertz CT molecular complexity index is 772. The molecule has 23 heavy (non-hydrogen) atoms. The lowest BCUT2D eigenvalue weighted by atomic mass is 10.2. The smallest absolute Gasteiger partial charge is 0.330 e. The summed E-state index contributed by atoms with van der Waals surface area (Å²) in [5.41, 5.74) is -0.625. The molecule has 1 N–H and O–H groups in total. The number of rotatable bonds is 5. The molecule has 2 aromatic rings. The highest BCUT2D eigenvalue weighted by Gasteiger charge is 2.27. The second-order valence-electron chi connectivity index (χ2n) is 5.43. The van der Waals surface area contributed by atoms with Gasteiger partial charge in [0.25, 0.3) is 5.56 Å². The minimum Gasteiger partial charge on any atom is -0.374 e. The molecule has 1 fully saturated rings. The van der Waals surface area contributed by atoms with Crippen molar-refractivity contribution in [1.29, 1.82) is 0 Å². The Morgan fingerprint density at radius 1 is 1.26 bits per heavy atom. The lowest BCUT2D eigenvalue weighted by molar-refractivity contribution is -0.0466. The van der Waals surface area contributed by atoms with Gasteiger partial charge in [-0.3, -0.25) is 14.3 Å². The van der Waals surface area contributed by atoms with Gasteiger partial charge in [0, 0.05) is 0 Å². The third kappa shape index (κ3) is 3.75. The highest BCUT2D eigenvalue weighted by atomic mass is 19.1. The summed E-state index contributed by atoms with van der Waals surface area (Å²) >= 11 is 0. The Labute approximate surface area is 131 Å². The summed E-state index contributed by atoms with van der Waals surface area (Å²) in [5, 5.41) is 0. The van der Waals surface area contributed by atoms with Gasteiger partial charge in [-0.15, -0.1) is 0 Å². The summed E-state index contributed by atoms with van der Waals surface area (Å²) in [5.74, 6) is -1.00. The summed E-state index contributed by atoms with van der Waals surface area (Å²) in [6.07, 6.45) is 1.40. The monoisotopic (exact) mass is 320 g/mol. The van der Waals surface area contributed by atoms with Crippen LogP contribution in [-0.4, -0.2) is 22.3 Å². The SMILES string of the molecule is O=c1[nH]c(=O)n(C2CC[C@@H](COCc3ccccc3)O2)cc1F. The van der Waals surface area contributed by atoms with E-state index in [-0.39, 0.29) is 6.10 Å². The van der Waals surface area contributed by atoms with Crippen LogP contribution in [0.5, 0.6) is 0 Å². The van der Waals surface area contributed by atoms with Crippen molar-refractivity contribution < 1.29 is 13.9 Å². The van der Waals surface area contributed by atoms with Gasteiger partial charge in [-0.1, -0.05) is 30.3 Å². The van der Waals surface area contributed by atoms with E-state index in [0.717, 1.165) is 16.3 Å². The molecule has 3 rings (SSSR count). The van der Waals surface area contributed by atoms with E-state index in [2.05, 4.69) is 0 Å². The predicted octanol–water partition coefficient (Wildman–Crippen LogP) is 1.57. The third-order valence-corrected chi connectivity index (χ3v) is 3.74. The first-order valence-corrected chi connectivity index (χ1v) is 7.41. The van der Waals surface area contributed by atoms with E-state index >= 15 is 0 Å². The molecule has 122 valence electrons. The van der Waals surface area contributed by atoms with E-state index in [1.807, 2.05) is 35.3 Å². The maximum atomic E-state index is 13.3. The van der Waals surface area contributed by atoms with E-state index in [1.54, 1.807) is 0 Å². The average molecular weight is 320 g/mol. The highest BCUT2D eigenvalue weighted by Crippen LogP contribution is 2.27. The summed E-state index contributed by atoms with van der Waals surface area (Å²) in [7, 11) is 0. The number of H-pyrrole nitrogens is 1. The number of aromatic amines is 1. The van der Waals surface area contributed by atoms with E-state index < -0.39 is 23.3 Å². The molecular formula is C16H17FN2O4. The summed E-state index contributed by atoms with van der Waals surface area (Å²) in [6, 6.07) is 9.77. The highest BCUT2D eigenvalue weighted by molar-refractivity contribution is 5.13. The minimum atomic E-state index is -1.02. The van der Waals surface area contributed by atoms with Gasteiger partial charge in [0.05, 0.1) is 25.5 Å². The number of nitrogens with zero attached hydrogens (tertiary/aromatic N) is 1. The van der Waals surface area contributed by atoms with Crippen molar-refractivity contribution in [3.63, 3.8) is 0 Å². The van der Waals surface area contributed by atoms with Crippen molar-refractivity contribution in [2.24, 2.45) is 0 Å². The molecule has 0 spiro atoms. The van der Waals surface area contributed by atoms with Crippen LogP contribution >= 0.6 is 0 Å². The van der Waals surface area contributed by atoms with Crippen LogP contribution in [0.1, 0.15) is 24.6 Å². The molecule has 0 radical (unpaired) electrons. The van der Waals surface area contributed by atoms with Gasteiger partial charge < -0.3 is 9.47 Å². The van der Waals surface area contributed by atoms with Crippen LogP contribution < -0.4 is 11.2 Å². The van der Waals surface area contributed by atoms with E-state index in [1.165, 1.54) is 0 Å². The van der Waals surface area contributed by atoms with Gasteiger partial charge in [0.2, 0.25) is 5.82 Å². The lowest BCUT2D eigenvalue weighted by Crippen LogP contribution is -2.34. The van der Waals surface area contributed by atoms with Crippen molar-refractivity contribution in [2.45, 2.75) is 31.8 Å². The Hall–Kier alpha value is -2.25. The normalized spacial score (nSPS) is 20.7. The summed E-state index contributed by atoms with van der Waals surface area (Å²) in [6.45, 7) is 0.880. The molecule has 6 nitrogen and oxygen atoms in total. The number of aromatic nitrogens is 2. The van der Waals surface area contributed by atoms with Crippen molar-refractivity contribution in [3.05, 3.63) is 68.7 Å². The first-order chi connectivity index (χ1) is 11.1. The molecule has 0 saturated carbocycles. The van der Waals surface area contributed by atoms with Crippen molar-refractivity contribution in [3.8, 4) is 0 Å². The Morgan fingerprint density at radius 2 is 2.04 bits per heavy atom. The maximum Gasteiger partial charge on any atom is 0.330 e. The summed E-state index contributed by atoms with van der Waals surface area (Å²) < 4.78 is 25.7. The number of halogens is 1. The van der Waals surface area contributed by atoms with Crippen LogP contribution in [0.4, 0.5) is 4.39 Å². The number of benzene rings is 1. The van der Waals surface area contributed by atoms with E-state index in [0.29, 0.717) is 26.1 Å². The molecule has 1 aromatic heterocycles. The Morgan fingerprint density at radius 3 is 2.83 bits per heavy atom. The van der Waals surface area contributed by atoms with Gasteiger partial charge in [-0.05, 0) is 18.4 Å². The fourth-order valence-corrected chi connectivity index (χ4v) is 2.57. The second-order valence-corrected chi connectivity index (χ2v) is 5.43. The zero-order valence-corrected chi connectivity index (χ0v) is 12.4. The van der Waals surface area contributed by atoms with Crippen LogP contribution in [0.3, 0.4) is 0 Å². The molecule has 0 bridgehead atoms. The molecule has 1 unspecified atom stereocenters. The number of ether oxygens (including phenoxy) is 2. The predicted molar refractivity (Wildman–Crippen MR) is 80.5 cm³/mol. The van der Waals surface area contributed by atoms with Gasteiger partial charge in [0.1, 0.15) is 6.23 Å². The molecule has 1 aliphatic heterocycles. The van der Waals surface area contributed by atoms with Gasteiger partial charge in [0.15, 0.2) is 0 Å². The fourth-order valence-electron chi connectivity index (χ4n) is 2.57. The summed E-state index contributed by atoms with van der Waals surface area (Å²) in [4.78, 5) is 24.7. The molecule has 2 atom stereocenters. The topological polar surface area (TPSA) is 73.3 Å². The number of hydrogen-bond donors (Lipinski definition) is 1. The standard InChI is InChI=1S/C16H17FN2O4/c17-13-8-19(16(21)18-15(13)20)14-7-6-12(23-14)10-22-9-11-4-2-1-3-5-11/h1-5,8,12,14H,6-7,9-10H2,(H,18,20,21)/t12-,14?/m0/s1. The zero-order valence-electron chi connectivity index (χ0n) is 12.4. The second kappa shape index (κ2) is 6.89.